The molecule has 0 atom stereocenters. The van der Waals surface area contributed by atoms with Gasteiger partial charge in [0.1, 0.15) is 16.8 Å². The molecule has 0 unspecified atom stereocenters. The minimum absolute atomic E-state index is 0.00992. The lowest BCUT2D eigenvalue weighted by atomic mass is 9.99. The first-order chi connectivity index (χ1) is 21.6. The number of hydrogen-bond acceptors (Lipinski definition) is 9. The van der Waals surface area contributed by atoms with Gasteiger partial charge in [-0.05, 0) is 67.9 Å². The Balaban J connectivity index is 1.33. The van der Waals surface area contributed by atoms with E-state index in [4.69, 9.17) is 9.72 Å². The summed E-state index contributed by atoms with van der Waals surface area (Å²) < 4.78 is 33.4. The number of hydrogen-bond donors (Lipinski definition) is 2. The predicted molar refractivity (Wildman–Crippen MR) is 174 cm³/mol. The Morgan fingerprint density at radius 3 is 2.18 bits per heavy atom. The van der Waals surface area contributed by atoms with Crippen molar-refractivity contribution in [3.05, 3.63) is 108 Å². The molecule has 2 heterocycles. The van der Waals surface area contributed by atoms with E-state index in [9.17, 15) is 18.5 Å². The minimum Gasteiger partial charge on any atom is -0.497 e. The number of aryl methyl sites for hydroxylation is 2. The molecule has 0 aliphatic carbocycles. The number of rotatable bonds is 10. The minimum atomic E-state index is -3.94. The first-order valence-electron chi connectivity index (χ1n) is 13.7. The van der Waals surface area contributed by atoms with Gasteiger partial charge in [-0.2, -0.15) is 5.26 Å². The molecule has 3 aromatic carbocycles. The van der Waals surface area contributed by atoms with E-state index in [0.717, 1.165) is 22.9 Å². The van der Waals surface area contributed by atoms with Gasteiger partial charge in [-0.15, -0.1) is 0 Å². The van der Waals surface area contributed by atoms with Gasteiger partial charge in [0.2, 0.25) is 11.9 Å². The molecule has 5 aromatic rings. The lowest BCUT2D eigenvalue weighted by molar-refractivity contribution is -0.113. The lowest BCUT2D eigenvalue weighted by Gasteiger charge is -2.13. The molecular formula is C33H28N6O4S2. The molecule has 12 heteroatoms. The number of amides is 1. The van der Waals surface area contributed by atoms with Crippen LogP contribution in [0.4, 0.5) is 11.6 Å². The Morgan fingerprint density at radius 1 is 0.889 bits per heavy atom. The third-order valence-electron chi connectivity index (χ3n) is 6.56. The molecule has 0 bridgehead atoms. The first-order valence-corrected chi connectivity index (χ1v) is 16.1. The van der Waals surface area contributed by atoms with Gasteiger partial charge in [0.05, 0.1) is 29.0 Å². The average molecular weight is 637 g/mol. The fourth-order valence-electron chi connectivity index (χ4n) is 4.49. The normalized spacial score (nSPS) is 11.0. The summed E-state index contributed by atoms with van der Waals surface area (Å²) in [5, 5.41) is 13.3. The van der Waals surface area contributed by atoms with Crippen molar-refractivity contribution in [2.24, 2.45) is 0 Å². The Hall–Kier alpha value is -5.25. The fourth-order valence-corrected chi connectivity index (χ4v) is 6.23. The summed E-state index contributed by atoms with van der Waals surface area (Å²) in [5.74, 6) is 0.296. The smallest absolute Gasteiger partial charge is 0.264 e. The molecule has 5 rings (SSSR count). The molecule has 0 radical (unpaired) electrons. The van der Waals surface area contributed by atoms with Crippen molar-refractivity contribution in [3.8, 4) is 34.2 Å². The lowest BCUT2D eigenvalue weighted by Crippen LogP contribution is -2.16. The van der Waals surface area contributed by atoms with Gasteiger partial charge in [-0.1, -0.05) is 54.2 Å². The van der Waals surface area contributed by atoms with E-state index >= 15 is 0 Å². The van der Waals surface area contributed by atoms with Crippen LogP contribution in [0.15, 0.2) is 101 Å². The molecule has 0 saturated carbocycles. The topological polar surface area (TPSA) is 147 Å². The number of pyridine rings is 1. The zero-order chi connectivity index (χ0) is 32.0. The molecule has 226 valence electrons. The molecule has 0 fully saturated rings. The monoisotopic (exact) mass is 636 g/mol. The van der Waals surface area contributed by atoms with Gasteiger partial charge < -0.3 is 10.1 Å². The van der Waals surface area contributed by atoms with Gasteiger partial charge in [-0.25, -0.2) is 28.1 Å². The third-order valence-corrected chi connectivity index (χ3v) is 8.88. The summed E-state index contributed by atoms with van der Waals surface area (Å²) in [7, 11) is -2.35. The van der Waals surface area contributed by atoms with Gasteiger partial charge in [0.15, 0.2) is 0 Å². The summed E-state index contributed by atoms with van der Waals surface area (Å²) in [6.07, 6.45) is 0. The molecular weight excluding hydrogens is 609 g/mol. The zero-order valence-corrected chi connectivity index (χ0v) is 26.2. The number of ether oxygens (including phenoxy) is 1. The standard InChI is InChI=1S/C33H28N6O4S2/c1-21-17-22(2)36-33(35-21)39-45(41,42)27-15-11-25(12-16-27)37-31(40)20-44-32-29(19-34)28(23-9-13-26(43-3)14-10-23)18-30(38-32)24-7-5-4-6-8-24/h4-18H,20H2,1-3H3,(H,37,40)(H,35,36,39). The van der Waals surface area contributed by atoms with Crippen LogP contribution in [-0.4, -0.2) is 42.1 Å². The Morgan fingerprint density at radius 2 is 1.56 bits per heavy atom. The summed E-state index contributed by atoms with van der Waals surface area (Å²) in [5.41, 5.74) is 5.08. The Labute approximate surface area is 265 Å². The van der Waals surface area contributed by atoms with E-state index in [-0.39, 0.29) is 22.5 Å². The van der Waals surface area contributed by atoms with Crippen LogP contribution < -0.4 is 14.8 Å². The molecule has 0 aliphatic heterocycles. The second kappa shape index (κ2) is 13.6. The maximum Gasteiger partial charge on any atom is 0.264 e. The van der Waals surface area contributed by atoms with Crippen LogP contribution in [-0.2, 0) is 14.8 Å². The average Bonchev–Trinajstić information content (AvgIpc) is 3.03. The number of aromatic nitrogens is 3. The Bertz CT molecular complexity index is 1970. The number of nitrogens with one attached hydrogen (secondary N) is 2. The van der Waals surface area contributed by atoms with E-state index < -0.39 is 10.0 Å². The molecule has 45 heavy (non-hydrogen) atoms. The summed E-state index contributed by atoms with van der Waals surface area (Å²) in [6.45, 7) is 3.50. The van der Waals surface area contributed by atoms with E-state index in [1.807, 2.05) is 60.7 Å². The SMILES string of the molecule is COc1ccc(-c2cc(-c3ccccc3)nc(SCC(=O)Nc3ccc(S(=O)(=O)Nc4nc(C)cc(C)n4)cc3)c2C#N)cc1. The largest absolute Gasteiger partial charge is 0.497 e. The van der Waals surface area contributed by atoms with E-state index in [1.165, 1.54) is 24.3 Å². The number of nitriles is 1. The highest BCUT2D eigenvalue weighted by atomic mass is 32.2. The van der Waals surface area contributed by atoms with Crippen molar-refractivity contribution in [2.75, 3.05) is 22.9 Å². The van der Waals surface area contributed by atoms with Crippen molar-refractivity contribution < 1.29 is 17.9 Å². The number of carbonyl (C=O) groups excluding carboxylic acids is 1. The number of benzene rings is 3. The highest BCUT2D eigenvalue weighted by Gasteiger charge is 2.19. The molecule has 0 aliphatic rings. The highest BCUT2D eigenvalue weighted by Crippen LogP contribution is 2.35. The van der Waals surface area contributed by atoms with Crippen LogP contribution in [0.1, 0.15) is 17.0 Å². The Kier molecular flexibility index (Phi) is 9.42. The summed E-state index contributed by atoms with van der Waals surface area (Å²) in [6, 6.07) is 28.6. The zero-order valence-electron chi connectivity index (χ0n) is 24.6. The van der Waals surface area contributed by atoms with Gasteiger partial charge in [-0.3, -0.25) is 4.79 Å². The van der Waals surface area contributed by atoms with Crippen LogP contribution in [0, 0.1) is 25.2 Å². The quantitative estimate of drug-likeness (QED) is 0.170. The number of nitrogens with zero attached hydrogens (tertiary/aromatic N) is 4. The van der Waals surface area contributed by atoms with Crippen molar-refractivity contribution in [1.82, 2.24) is 15.0 Å². The second-order valence-corrected chi connectivity index (χ2v) is 12.5. The van der Waals surface area contributed by atoms with E-state index in [2.05, 4.69) is 26.1 Å². The number of anilines is 2. The molecule has 2 aromatic heterocycles. The summed E-state index contributed by atoms with van der Waals surface area (Å²) >= 11 is 1.15. The predicted octanol–water partition coefficient (Wildman–Crippen LogP) is 6.23. The third kappa shape index (κ3) is 7.64. The number of sulfonamides is 1. The second-order valence-electron chi connectivity index (χ2n) is 9.88. The molecule has 2 N–H and O–H groups in total. The van der Waals surface area contributed by atoms with Gasteiger partial charge in [0, 0.05) is 28.2 Å². The van der Waals surface area contributed by atoms with E-state index in [0.29, 0.717) is 44.7 Å². The van der Waals surface area contributed by atoms with Crippen LogP contribution in [0.3, 0.4) is 0 Å². The highest BCUT2D eigenvalue weighted by molar-refractivity contribution is 8.00. The fraction of sp³-hybridized carbons (Fsp3) is 0.121. The van der Waals surface area contributed by atoms with Crippen molar-refractivity contribution in [3.63, 3.8) is 0 Å². The van der Waals surface area contributed by atoms with Crippen LogP contribution in [0.2, 0.25) is 0 Å². The van der Waals surface area contributed by atoms with Gasteiger partial charge in [0.25, 0.3) is 10.0 Å². The molecule has 10 nitrogen and oxygen atoms in total. The van der Waals surface area contributed by atoms with Crippen molar-refractivity contribution in [2.45, 2.75) is 23.8 Å². The maximum absolute atomic E-state index is 12.9. The summed E-state index contributed by atoms with van der Waals surface area (Å²) in [4.78, 5) is 25.9. The molecule has 0 saturated heterocycles. The number of methoxy groups -OCH3 is 1. The number of thioether (sulfide) groups is 1. The van der Waals surface area contributed by atoms with Crippen molar-refractivity contribution in [1.29, 1.82) is 5.26 Å². The maximum atomic E-state index is 12.9. The molecule has 0 spiro atoms. The van der Waals surface area contributed by atoms with Crippen molar-refractivity contribution >= 4 is 39.3 Å². The molecule has 1 amide bonds. The van der Waals surface area contributed by atoms with E-state index in [1.54, 1.807) is 27.0 Å². The first kappa shape index (κ1) is 31.2. The van der Waals surface area contributed by atoms with Crippen LogP contribution in [0.25, 0.3) is 22.4 Å². The van der Waals surface area contributed by atoms with Gasteiger partial charge >= 0.3 is 0 Å². The van der Waals surface area contributed by atoms with Crippen LogP contribution >= 0.6 is 11.8 Å². The van der Waals surface area contributed by atoms with Crippen LogP contribution in [0.5, 0.6) is 5.75 Å². The number of carbonyl (C=O) groups is 1.